The summed E-state index contributed by atoms with van der Waals surface area (Å²) >= 11 is 6.36. The van der Waals surface area contributed by atoms with E-state index in [9.17, 15) is 14.4 Å². The lowest BCUT2D eigenvalue weighted by Gasteiger charge is -2.47. The molecule has 6 rings (SSSR count). The molecule has 2 N–H and O–H groups in total. The Hall–Kier alpha value is -3.96. The number of nitrogens with zero attached hydrogens (tertiary/aromatic N) is 4. The van der Waals surface area contributed by atoms with Gasteiger partial charge in [0, 0.05) is 54.0 Å². The highest BCUT2D eigenvalue weighted by molar-refractivity contribution is 6.30. The Morgan fingerprint density at radius 1 is 1.16 bits per heavy atom. The molecule has 50 heavy (non-hydrogen) atoms. The summed E-state index contributed by atoms with van der Waals surface area (Å²) in [6, 6.07) is 8.40. The predicted octanol–water partition coefficient (Wildman–Crippen LogP) is 7.26. The van der Waals surface area contributed by atoms with E-state index in [-0.39, 0.29) is 41.4 Å². The zero-order valence-corrected chi connectivity index (χ0v) is 30.9. The maximum absolute atomic E-state index is 16.0. The predicted molar refractivity (Wildman–Crippen MR) is 193 cm³/mol. The van der Waals surface area contributed by atoms with Gasteiger partial charge in [0.15, 0.2) is 0 Å². The van der Waals surface area contributed by atoms with Crippen molar-refractivity contribution in [2.24, 2.45) is 5.92 Å². The van der Waals surface area contributed by atoms with Gasteiger partial charge in [0.25, 0.3) is 5.91 Å². The molecule has 3 atom stereocenters. The quantitative estimate of drug-likeness (QED) is 0.266. The zero-order chi connectivity index (χ0) is 36.3. The zero-order valence-electron chi connectivity index (χ0n) is 30.2. The minimum Gasteiger partial charge on any atom is -0.443 e. The monoisotopic (exact) mass is 706 g/mol. The lowest BCUT2D eigenvalue weighted by molar-refractivity contribution is -0.141. The SMILES string of the molecule is Cc1c(NC2CN(C3CCCN(C(=O)OC(C)(C)C)C3=O)C2)ccc2c1C(C)(c1cccc(Cl)c1F)CN(c1[nH]ncc1C(C)C(C)C)C2=O. The minimum atomic E-state index is -0.964. The Bertz CT molecular complexity index is 1810. The molecule has 2 aromatic carbocycles. The van der Waals surface area contributed by atoms with E-state index in [0.29, 0.717) is 55.3 Å². The number of rotatable bonds is 7. The van der Waals surface area contributed by atoms with Crippen molar-refractivity contribution in [3.05, 3.63) is 75.2 Å². The number of halogens is 2. The number of imide groups is 1. The van der Waals surface area contributed by atoms with Crippen LogP contribution < -0.4 is 10.2 Å². The van der Waals surface area contributed by atoms with E-state index in [0.717, 1.165) is 22.4 Å². The van der Waals surface area contributed by atoms with E-state index in [4.69, 9.17) is 16.3 Å². The number of H-pyrrole nitrogens is 1. The molecule has 3 aliphatic rings. The fourth-order valence-corrected chi connectivity index (χ4v) is 7.84. The maximum Gasteiger partial charge on any atom is 0.417 e. The molecule has 0 bridgehead atoms. The van der Waals surface area contributed by atoms with Crippen LogP contribution in [0.15, 0.2) is 36.5 Å². The molecule has 2 saturated heterocycles. The van der Waals surface area contributed by atoms with Gasteiger partial charge in [-0.05, 0) is 88.6 Å². The smallest absolute Gasteiger partial charge is 0.417 e. The standard InChI is InChI=1S/C38H48ClFN6O4/c1-21(2)22(3)26-17-41-43-33(26)46-20-38(8,27-11-9-12-28(39)32(27)40)31-23(4)29(15-14-25(31)34(46)47)42-24-18-44(19-24)30-13-10-16-45(35(30)48)36(49)50-37(5,6)7/h9,11-12,14-15,17,21-22,24,30,42H,10,13,16,18-20H2,1-8H3,(H,41,43). The summed E-state index contributed by atoms with van der Waals surface area (Å²) in [5, 5.41) is 11.0. The van der Waals surface area contributed by atoms with Crippen molar-refractivity contribution < 1.29 is 23.5 Å². The van der Waals surface area contributed by atoms with Crippen molar-refractivity contribution in [1.29, 1.82) is 0 Å². The molecule has 0 aliphatic carbocycles. The largest absolute Gasteiger partial charge is 0.443 e. The molecule has 0 saturated carbocycles. The van der Waals surface area contributed by atoms with Gasteiger partial charge in [0.2, 0.25) is 5.91 Å². The first kappa shape index (κ1) is 35.9. The second-order valence-electron chi connectivity index (χ2n) is 15.6. The second kappa shape index (κ2) is 13.3. The Balaban J connectivity index is 1.28. The van der Waals surface area contributed by atoms with Gasteiger partial charge in [0.05, 0.1) is 23.3 Å². The average Bonchev–Trinajstić information content (AvgIpc) is 3.51. The molecule has 3 unspecified atom stereocenters. The number of amides is 3. The van der Waals surface area contributed by atoms with Crippen molar-refractivity contribution in [3.8, 4) is 0 Å². The van der Waals surface area contributed by atoms with E-state index in [1.165, 1.54) is 11.0 Å². The van der Waals surface area contributed by atoms with Crippen molar-refractivity contribution in [2.45, 2.75) is 97.2 Å². The van der Waals surface area contributed by atoms with Crippen molar-refractivity contribution >= 4 is 41.0 Å². The van der Waals surface area contributed by atoms with Gasteiger partial charge in [-0.2, -0.15) is 5.10 Å². The van der Waals surface area contributed by atoms with E-state index in [1.807, 2.05) is 26.0 Å². The Labute approximate surface area is 298 Å². The van der Waals surface area contributed by atoms with Crippen LogP contribution in [-0.4, -0.2) is 81.8 Å². The van der Waals surface area contributed by atoms with Gasteiger partial charge < -0.3 is 10.1 Å². The number of nitrogens with one attached hydrogen (secondary N) is 2. The summed E-state index contributed by atoms with van der Waals surface area (Å²) in [5.41, 5.74) is 2.61. The first-order chi connectivity index (χ1) is 23.5. The van der Waals surface area contributed by atoms with Crippen molar-refractivity contribution in [3.63, 3.8) is 0 Å². The Kier molecular flexibility index (Phi) is 9.54. The summed E-state index contributed by atoms with van der Waals surface area (Å²) in [6.07, 6.45) is 2.57. The molecule has 12 heteroatoms. The number of anilines is 2. The number of ether oxygens (including phenoxy) is 1. The molecule has 1 aromatic heterocycles. The third-order valence-electron chi connectivity index (χ3n) is 10.7. The van der Waals surface area contributed by atoms with Gasteiger partial charge in [0.1, 0.15) is 17.2 Å². The van der Waals surface area contributed by atoms with Crippen LogP contribution in [0.4, 0.5) is 20.7 Å². The lowest BCUT2D eigenvalue weighted by Crippen LogP contribution is -2.64. The first-order valence-electron chi connectivity index (χ1n) is 17.5. The molecule has 0 spiro atoms. The number of fused-ring (bicyclic) bond motifs is 1. The molecule has 3 amide bonds. The summed E-state index contributed by atoms with van der Waals surface area (Å²) in [7, 11) is 0. The summed E-state index contributed by atoms with van der Waals surface area (Å²) in [4.78, 5) is 45.4. The third kappa shape index (κ3) is 6.38. The van der Waals surface area contributed by atoms with E-state index < -0.39 is 22.9 Å². The molecule has 0 radical (unpaired) electrons. The topological polar surface area (TPSA) is 111 Å². The maximum atomic E-state index is 16.0. The first-order valence-corrected chi connectivity index (χ1v) is 17.9. The lowest BCUT2D eigenvalue weighted by atomic mass is 9.69. The number of likely N-dealkylation sites (tertiary alicyclic amines) is 2. The number of hydrogen-bond acceptors (Lipinski definition) is 7. The van der Waals surface area contributed by atoms with Crippen molar-refractivity contribution in [1.82, 2.24) is 20.0 Å². The average molecular weight is 707 g/mol. The Morgan fingerprint density at radius 2 is 1.88 bits per heavy atom. The molecular weight excluding hydrogens is 659 g/mol. The number of piperidine rings is 1. The number of benzene rings is 2. The van der Waals surface area contributed by atoms with Gasteiger partial charge in [-0.25, -0.2) is 14.1 Å². The van der Waals surface area contributed by atoms with E-state index >= 15 is 4.39 Å². The Morgan fingerprint density at radius 3 is 2.56 bits per heavy atom. The normalized spacial score (nSPS) is 22.4. The van der Waals surface area contributed by atoms with Crippen LogP contribution >= 0.6 is 11.6 Å². The highest BCUT2D eigenvalue weighted by Gasteiger charge is 2.47. The highest BCUT2D eigenvalue weighted by Crippen LogP contribution is 2.46. The van der Waals surface area contributed by atoms with E-state index in [1.54, 1.807) is 44.0 Å². The number of carbonyl (C=O) groups is 3. The third-order valence-corrected chi connectivity index (χ3v) is 10.9. The fourth-order valence-electron chi connectivity index (χ4n) is 7.67. The van der Waals surface area contributed by atoms with Gasteiger partial charge in [-0.15, -0.1) is 0 Å². The van der Waals surface area contributed by atoms with Crippen LogP contribution in [0.1, 0.15) is 99.8 Å². The summed E-state index contributed by atoms with van der Waals surface area (Å²) in [6.45, 7) is 17.4. The van der Waals surface area contributed by atoms with Gasteiger partial charge in [-0.1, -0.05) is 44.5 Å². The molecule has 3 aromatic rings. The summed E-state index contributed by atoms with van der Waals surface area (Å²) in [5.74, 6) is 0.144. The van der Waals surface area contributed by atoms with Crippen LogP contribution in [0, 0.1) is 18.7 Å². The molecule has 10 nitrogen and oxygen atoms in total. The van der Waals surface area contributed by atoms with Crippen molar-refractivity contribution in [2.75, 3.05) is 36.4 Å². The fraction of sp³-hybridized carbons (Fsp3) is 0.526. The second-order valence-corrected chi connectivity index (χ2v) is 16.0. The molecule has 268 valence electrons. The molecule has 4 heterocycles. The number of carbonyl (C=O) groups excluding carboxylic acids is 3. The van der Waals surface area contributed by atoms with Crippen LogP contribution in [0.25, 0.3) is 0 Å². The van der Waals surface area contributed by atoms with E-state index in [2.05, 4.69) is 41.2 Å². The van der Waals surface area contributed by atoms with Crippen LogP contribution in [-0.2, 0) is 14.9 Å². The molecule has 2 fully saturated rings. The molecular formula is C38H48ClFN6O4. The molecule has 3 aliphatic heterocycles. The number of aromatic amines is 1. The van der Waals surface area contributed by atoms with Crippen LogP contribution in [0.3, 0.4) is 0 Å². The summed E-state index contributed by atoms with van der Waals surface area (Å²) < 4.78 is 21.5. The minimum absolute atomic E-state index is 0.0216. The van der Waals surface area contributed by atoms with Crippen LogP contribution in [0.2, 0.25) is 5.02 Å². The van der Waals surface area contributed by atoms with Gasteiger partial charge in [-0.3, -0.25) is 24.5 Å². The number of hydrogen-bond donors (Lipinski definition) is 2. The van der Waals surface area contributed by atoms with Gasteiger partial charge >= 0.3 is 6.09 Å². The van der Waals surface area contributed by atoms with Crippen LogP contribution in [0.5, 0.6) is 0 Å². The highest BCUT2D eigenvalue weighted by atomic mass is 35.5. The number of aromatic nitrogens is 2.